The number of hydrogen-bond acceptors (Lipinski definition) is 4. The normalized spacial score (nSPS) is 18.7. The second kappa shape index (κ2) is 6.37. The lowest BCUT2D eigenvalue weighted by Crippen LogP contribution is -2.45. The van der Waals surface area contributed by atoms with Crippen LogP contribution in [0, 0.1) is 0 Å². The Kier molecular flexibility index (Phi) is 4.31. The zero-order chi connectivity index (χ0) is 14.7. The Morgan fingerprint density at radius 3 is 2.81 bits per heavy atom. The summed E-state index contributed by atoms with van der Waals surface area (Å²) in [6.07, 6.45) is 4.76. The number of thiazole rings is 1. The summed E-state index contributed by atoms with van der Waals surface area (Å²) in [5, 5.41) is 12.3. The maximum absolute atomic E-state index is 12.6. The summed E-state index contributed by atoms with van der Waals surface area (Å²) in [6.45, 7) is 0.779. The van der Waals surface area contributed by atoms with Crippen LogP contribution >= 0.6 is 11.3 Å². The fourth-order valence-electron chi connectivity index (χ4n) is 2.74. The monoisotopic (exact) mass is 302 g/mol. The molecule has 0 bridgehead atoms. The van der Waals surface area contributed by atoms with E-state index in [0.717, 1.165) is 36.4 Å². The Balaban J connectivity index is 1.78. The SMILES string of the molecule is O=C(c1ccc(-c2nccs2)cc1)N1CCCCC1CO. The third kappa shape index (κ3) is 2.99. The topological polar surface area (TPSA) is 53.4 Å². The van der Waals surface area contributed by atoms with Crippen molar-refractivity contribution in [2.45, 2.75) is 25.3 Å². The molecule has 3 rings (SSSR count). The molecule has 1 unspecified atom stereocenters. The molecular weight excluding hydrogens is 284 g/mol. The number of rotatable bonds is 3. The average molecular weight is 302 g/mol. The van der Waals surface area contributed by atoms with Gasteiger partial charge in [-0.3, -0.25) is 4.79 Å². The van der Waals surface area contributed by atoms with Crippen LogP contribution in [0.5, 0.6) is 0 Å². The van der Waals surface area contributed by atoms with Crippen LogP contribution in [0.25, 0.3) is 10.6 Å². The second-order valence-electron chi connectivity index (χ2n) is 5.25. The van der Waals surface area contributed by atoms with Crippen LogP contribution in [0.1, 0.15) is 29.6 Å². The molecule has 1 N–H and O–H groups in total. The van der Waals surface area contributed by atoms with Gasteiger partial charge in [-0.05, 0) is 31.4 Å². The molecule has 1 saturated heterocycles. The highest BCUT2D eigenvalue weighted by molar-refractivity contribution is 7.13. The molecule has 2 heterocycles. The zero-order valence-corrected chi connectivity index (χ0v) is 12.6. The van der Waals surface area contributed by atoms with E-state index in [2.05, 4.69) is 4.98 Å². The van der Waals surface area contributed by atoms with Crippen molar-refractivity contribution in [1.82, 2.24) is 9.88 Å². The van der Waals surface area contributed by atoms with Gasteiger partial charge in [-0.15, -0.1) is 11.3 Å². The van der Waals surface area contributed by atoms with E-state index in [0.29, 0.717) is 5.56 Å². The van der Waals surface area contributed by atoms with Crippen molar-refractivity contribution in [2.75, 3.05) is 13.2 Å². The van der Waals surface area contributed by atoms with Crippen LogP contribution in [0.4, 0.5) is 0 Å². The van der Waals surface area contributed by atoms with Crippen molar-refractivity contribution in [3.8, 4) is 10.6 Å². The quantitative estimate of drug-likeness (QED) is 0.948. The van der Waals surface area contributed by atoms with Crippen molar-refractivity contribution in [1.29, 1.82) is 0 Å². The Hall–Kier alpha value is -1.72. The second-order valence-corrected chi connectivity index (χ2v) is 6.14. The summed E-state index contributed by atoms with van der Waals surface area (Å²) in [5.74, 6) is 0.0134. The molecule has 1 aromatic heterocycles. The van der Waals surface area contributed by atoms with Gasteiger partial charge >= 0.3 is 0 Å². The maximum atomic E-state index is 12.6. The number of aliphatic hydroxyl groups excluding tert-OH is 1. The molecule has 0 saturated carbocycles. The van der Waals surface area contributed by atoms with E-state index in [1.807, 2.05) is 34.5 Å². The number of likely N-dealkylation sites (tertiary alicyclic amines) is 1. The molecule has 21 heavy (non-hydrogen) atoms. The van der Waals surface area contributed by atoms with Crippen LogP contribution < -0.4 is 0 Å². The van der Waals surface area contributed by atoms with Gasteiger partial charge in [0, 0.05) is 29.2 Å². The van der Waals surface area contributed by atoms with Crippen molar-refractivity contribution in [3.05, 3.63) is 41.4 Å². The molecule has 1 aliphatic rings. The molecule has 0 spiro atoms. The lowest BCUT2D eigenvalue weighted by molar-refractivity contribution is 0.0503. The molecule has 1 fully saturated rings. The molecule has 110 valence electrons. The summed E-state index contributed by atoms with van der Waals surface area (Å²) in [5.41, 5.74) is 1.70. The third-order valence-electron chi connectivity index (χ3n) is 3.91. The standard InChI is InChI=1S/C16H18N2O2S/c19-11-14-3-1-2-9-18(14)16(20)13-6-4-12(5-7-13)15-17-8-10-21-15/h4-8,10,14,19H,1-3,9,11H2. The zero-order valence-electron chi connectivity index (χ0n) is 11.7. The average Bonchev–Trinajstić information content (AvgIpc) is 3.09. The van der Waals surface area contributed by atoms with Gasteiger partial charge in [0.15, 0.2) is 0 Å². The van der Waals surface area contributed by atoms with Crippen LogP contribution in [-0.2, 0) is 0 Å². The maximum Gasteiger partial charge on any atom is 0.254 e. The van der Waals surface area contributed by atoms with Crippen LogP contribution in [-0.4, -0.2) is 40.1 Å². The van der Waals surface area contributed by atoms with Gasteiger partial charge in [0.1, 0.15) is 5.01 Å². The molecule has 0 radical (unpaired) electrons. The summed E-state index contributed by atoms with van der Waals surface area (Å²) in [4.78, 5) is 18.6. The van der Waals surface area contributed by atoms with Gasteiger partial charge in [-0.1, -0.05) is 12.1 Å². The van der Waals surface area contributed by atoms with E-state index in [1.165, 1.54) is 0 Å². The fourth-order valence-corrected chi connectivity index (χ4v) is 3.39. The van der Waals surface area contributed by atoms with Gasteiger partial charge < -0.3 is 10.0 Å². The van der Waals surface area contributed by atoms with Crippen LogP contribution in [0.3, 0.4) is 0 Å². The molecule has 4 nitrogen and oxygen atoms in total. The summed E-state index contributed by atoms with van der Waals surface area (Å²) in [6, 6.07) is 7.53. The smallest absolute Gasteiger partial charge is 0.254 e. The lowest BCUT2D eigenvalue weighted by atomic mass is 10.0. The summed E-state index contributed by atoms with van der Waals surface area (Å²) < 4.78 is 0. The number of carbonyl (C=O) groups is 1. The molecular formula is C16H18N2O2S. The molecule has 0 aliphatic carbocycles. The Morgan fingerprint density at radius 2 is 2.14 bits per heavy atom. The lowest BCUT2D eigenvalue weighted by Gasteiger charge is -2.34. The van der Waals surface area contributed by atoms with Gasteiger partial charge in [0.05, 0.1) is 12.6 Å². The third-order valence-corrected chi connectivity index (χ3v) is 4.73. The number of benzene rings is 1. The van der Waals surface area contributed by atoms with Crippen molar-refractivity contribution >= 4 is 17.2 Å². The van der Waals surface area contributed by atoms with E-state index in [1.54, 1.807) is 17.5 Å². The number of hydrogen-bond donors (Lipinski definition) is 1. The molecule has 1 atom stereocenters. The van der Waals surface area contributed by atoms with Crippen LogP contribution in [0.2, 0.25) is 0 Å². The van der Waals surface area contributed by atoms with E-state index < -0.39 is 0 Å². The number of aliphatic hydroxyl groups is 1. The van der Waals surface area contributed by atoms with Crippen LogP contribution in [0.15, 0.2) is 35.8 Å². The van der Waals surface area contributed by atoms with E-state index >= 15 is 0 Å². The highest BCUT2D eigenvalue weighted by atomic mass is 32.1. The molecule has 1 amide bonds. The largest absolute Gasteiger partial charge is 0.394 e. The molecule has 5 heteroatoms. The predicted molar refractivity (Wildman–Crippen MR) is 83.3 cm³/mol. The highest BCUT2D eigenvalue weighted by Gasteiger charge is 2.26. The Morgan fingerprint density at radius 1 is 1.33 bits per heavy atom. The fraction of sp³-hybridized carbons (Fsp3) is 0.375. The van der Waals surface area contributed by atoms with Gasteiger partial charge in [0.25, 0.3) is 5.91 Å². The Labute approximate surface area is 128 Å². The summed E-state index contributed by atoms with van der Waals surface area (Å²) >= 11 is 1.58. The first-order valence-electron chi connectivity index (χ1n) is 7.21. The number of carbonyl (C=O) groups excluding carboxylic acids is 1. The minimum Gasteiger partial charge on any atom is -0.394 e. The first-order valence-corrected chi connectivity index (χ1v) is 8.09. The van der Waals surface area contributed by atoms with Gasteiger partial charge in [-0.2, -0.15) is 0 Å². The number of aromatic nitrogens is 1. The number of piperidine rings is 1. The van der Waals surface area contributed by atoms with Gasteiger partial charge in [-0.25, -0.2) is 4.98 Å². The summed E-state index contributed by atoms with van der Waals surface area (Å²) in [7, 11) is 0. The minimum atomic E-state index is -0.0371. The predicted octanol–water partition coefficient (Wildman–Crippen LogP) is 2.80. The minimum absolute atomic E-state index is 0.0134. The number of amides is 1. The molecule has 2 aromatic rings. The number of nitrogens with zero attached hydrogens (tertiary/aromatic N) is 2. The van der Waals surface area contributed by atoms with Gasteiger partial charge in [0.2, 0.25) is 0 Å². The van der Waals surface area contributed by atoms with Crippen molar-refractivity contribution < 1.29 is 9.90 Å². The van der Waals surface area contributed by atoms with Crippen molar-refractivity contribution in [3.63, 3.8) is 0 Å². The molecule has 1 aliphatic heterocycles. The van der Waals surface area contributed by atoms with E-state index in [-0.39, 0.29) is 18.6 Å². The van der Waals surface area contributed by atoms with Crippen molar-refractivity contribution in [2.24, 2.45) is 0 Å². The molecule has 1 aromatic carbocycles. The first kappa shape index (κ1) is 14.2. The first-order chi connectivity index (χ1) is 10.3. The Bertz CT molecular complexity index is 595. The highest BCUT2D eigenvalue weighted by Crippen LogP contribution is 2.24. The van der Waals surface area contributed by atoms with E-state index in [9.17, 15) is 9.90 Å². The van der Waals surface area contributed by atoms with E-state index in [4.69, 9.17) is 0 Å².